The summed E-state index contributed by atoms with van der Waals surface area (Å²) in [6.07, 6.45) is 0. The van der Waals surface area contributed by atoms with E-state index in [1.165, 1.54) is 18.2 Å². The number of hydrogen-bond donors (Lipinski definition) is 2. The number of phenolic OH excluding ortho intramolecular Hbond substituents is 1. The van der Waals surface area contributed by atoms with Crippen molar-refractivity contribution in [2.24, 2.45) is 5.10 Å². The van der Waals surface area contributed by atoms with Crippen molar-refractivity contribution in [1.82, 2.24) is 15.2 Å². The molecule has 0 aromatic heterocycles. The fourth-order valence-electron chi connectivity index (χ4n) is 3.41. The Hall–Kier alpha value is -2.90. The van der Waals surface area contributed by atoms with Crippen LogP contribution in [-0.2, 0) is 11.3 Å². The Bertz CT molecular complexity index is 888. The van der Waals surface area contributed by atoms with E-state index in [-0.39, 0.29) is 11.7 Å². The number of phenols is 1. The first-order chi connectivity index (χ1) is 14.4. The van der Waals surface area contributed by atoms with Crippen molar-refractivity contribution in [3.63, 3.8) is 0 Å². The molecule has 1 fully saturated rings. The van der Waals surface area contributed by atoms with Crippen LogP contribution in [0.4, 0.5) is 0 Å². The lowest BCUT2D eigenvalue weighted by atomic mass is 10.1. The molecule has 0 radical (unpaired) electrons. The highest BCUT2D eigenvalue weighted by atomic mass is 16.5. The van der Waals surface area contributed by atoms with Gasteiger partial charge in [-0.25, -0.2) is 5.43 Å². The van der Waals surface area contributed by atoms with Gasteiger partial charge in [-0.3, -0.25) is 14.6 Å². The molecule has 2 N–H and O–H groups in total. The first-order valence-corrected chi connectivity index (χ1v) is 10.2. The molecule has 2 aromatic rings. The molecule has 1 heterocycles. The van der Waals surface area contributed by atoms with Gasteiger partial charge in [0.1, 0.15) is 0 Å². The van der Waals surface area contributed by atoms with Crippen molar-refractivity contribution in [1.29, 1.82) is 0 Å². The molecular weight excluding hydrogens is 380 g/mol. The predicted octanol–water partition coefficient (Wildman–Crippen LogP) is 2.37. The molecule has 7 heteroatoms. The summed E-state index contributed by atoms with van der Waals surface area (Å²) in [6, 6.07) is 13.6. The molecule has 30 heavy (non-hydrogen) atoms. The van der Waals surface area contributed by atoms with Gasteiger partial charge in [0.05, 0.1) is 19.4 Å². The summed E-state index contributed by atoms with van der Waals surface area (Å²) in [6.45, 7) is 8.77. The lowest BCUT2D eigenvalue weighted by molar-refractivity contribution is -0.122. The predicted molar refractivity (Wildman–Crippen MR) is 118 cm³/mol. The Labute approximate surface area is 178 Å². The molecule has 1 saturated heterocycles. The summed E-state index contributed by atoms with van der Waals surface area (Å²) in [5.41, 5.74) is 6.64. The number of piperazine rings is 1. The quantitative estimate of drug-likeness (QED) is 0.541. The van der Waals surface area contributed by atoms with Crippen LogP contribution >= 0.6 is 0 Å². The Morgan fingerprint density at radius 3 is 2.43 bits per heavy atom. The van der Waals surface area contributed by atoms with Gasteiger partial charge in [0.2, 0.25) is 0 Å². The Morgan fingerprint density at radius 2 is 1.77 bits per heavy atom. The number of benzene rings is 2. The van der Waals surface area contributed by atoms with Gasteiger partial charge in [-0.15, -0.1) is 0 Å². The second-order valence-corrected chi connectivity index (χ2v) is 7.66. The molecule has 0 spiro atoms. The van der Waals surface area contributed by atoms with Crippen LogP contribution in [0.25, 0.3) is 0 Å². The number of carbonyl (C=O) groups excluding carboxylic acids is 1. The van der Waals surface area contributed by atoms with Gasteiger partial charge in [-0.2, -0.15) is 5.10 Å². The van der Waals surface area contributed by atoms with Crippen LogP contribution in [-0.4, -0.2) is 66.4 Å². The van der Waals surface area contributed by atoms with Crippen molar-refractivity contribution in [2.45, 2.75) is 20.4 Å². The van der Waals surface area contributed by atoms with Crippen LogP contribution in [0.15, 0.2) is 47.6 Å². The zero-order valence-electron chi connectivity index (χ0n) is 17.9. The van der Waals surface area contributed by atoms with Crippen LogP contribution in [0.5, 0.6) is 11.5 Å². The first kappa shape index (κ1) is 21.8. The fourth-order valence-corrected chi connectivity index (χ4v) is 3.41. The van der Waals surface area contributed by atoms with Gasteiger partial charge < -0.3 is 9.84 Å². The van der Waals surface area contributed by atoms with E-state index < -0.39 is 0 Å². The van der Waals surface area contributed by atoms with Crippen LogP contribution < -0.4 is 10.2 Å². The summed E-state index contributed by atoms with van der Waals surface area (Å²) in [7, 11) is 1.49. The van der Waals surface area contributed by atoms with Crippen molar-refractivity contribution in [3.05, 3.63) is 59.2 Å². The molecule has 1 amide bonds. The molecule has 3 rings (SSSR count). The fraction of sp³-hybridized carbons (Fsp3) is 0.391. The van der Waals surface area contributed by atoms with E-state index in [0.717, 1.165) is 38.3 Å². The summed E-state index contributed by atoms with van der Waals surface area (Å²) < 4.78 is 5.11. The highest BCUT2D eigenvalue weighted by Gasteiger charge is 2.19. The number of aromatic hydroxyl groups is 1. The van der Waals surface area contributed by atoms with E-state index in [0.29, 0.717) is 18.0 Å². The van der Waals surface area contributed by atoms with E-state index >= 15 is 0 Å². The van der Waals surface area contributed by atoms with Gasteiger partial charge >= 0.3 is 0 Å². The molecule has 2 aromatic carbocycles. The lowest BCUT2D eigenvalue weighted by Gasteiger charge is -2.34. The number of ether oxygens (including phenoxy) is 1. The highest BCUT2D eigenvalue weighted by Crippen LogP contribution is 2.26. The van der Waals surface area contributed by atoms with Crippen molar-refractivity contribution < 1.29 is 14.6 Å². The molecule has 0 atom stereocenters. The number of hydrazone groups is 1. The van der Waals surface area contributed by atoms with E-state index in [2.05, 4.69) is 51.5 Å². The summed E-state index contributed by atoms with van der Waals surface area (Å²) in [5, 5.41) is 13.9. The SMILES string of the molecule is COc1cc(/C(C)=N/NC(=O)CN2CCN(Cc3ccc(C)cc3)CC2)ccc1O. The van der Waals surface area contributed by atoms with Gasteiger partial charge in [-0.1, -0.05) is 29.8 Å². The molecule has 0 aliphatic carbocycles. The minimum Gasteiger partial charge on any atom is -0.504 e. The standard InChI is InChI=1S/C23H30N4O3/c1-17-4-6-19(7-5-17)15-26-10-12-27(13-11-26)16-23(29)25-24-18(2)20-8-9-21(28)22(14-20)30-3/h4-9,14,28H,10-13,15-16H2,1-3H3,(H,25,29)/b24-18+. The maximum Gasteiger partial charge on any atom is 0.254 e. The van der Waals surface area contributed by atoms with Gasteiger partial charge in [0.15, 0.2) is 11.5 Å². The second kappa shape index (κ2) is 10.2. The number of carbonyl (C=O) groups is 1. The molecule has 1 aliphatic rings. The number of rotatable bonds is 7. The molecule has 1 aliphatic heterocycles. The largest absolute Gasteiger partial charge is 0.504 e. The normalized spacial score (nSPS) is 15.8. The van der Waals surface area contributed by atoms with Crippen molar-refractivity contribution >= 4 is 11.6 Å². The van der Waals surface area contributed by atoms with Crippen LogP contribution in [0.1, 0.15) is 23.6 Å². The molecule has 160 valence electrons. The highest BCUT2D eigenvalue weighted by molar-refractivity contribution is 5.99. The van der Waals surface area contributed by atoms with E-state index in [1.807, 2.05) is 0 Å². The summed E-state index contributed by atoms with van der Waals surface area (Å²) >= 11 is 0. The van der Waals surface area contributed by atoms with Gasteiger partial charge in [0.25, 0.3) is 5.91 Å². The zero-order chi connectivity index (χ0) is 21.5. The van der Waals surface area contributed by atoms with Crippen molar-refractivity contribution in [3.8, 4) is 11.5 Å². The molecular formula is C23H30N4O3. The third-order valence-corrected chi connectivity index (χ3v) is 5.30. The molecule has 0 saturated carbocycles. The first-order valence-electron chi connectivity index (χ1n) is 10.2. The van der Waals surface area contributed by atoms with Crippen LogP contribution in [0, 0.1) is 6.92 Å². The maximum atomic E-state index is 12.3. The lowest BCUT2D eigenvalue weighted by Crippen LogP contribution is -2.48. The number of amides is 1. The monoisotopic (exact) mass is 410 g/mol. The third kappa shape index (κ3) is 6.05. The van der Waals surface area contributed by atoms with E-state index in [1.54, 1.807) is 25.1 Å². The van der Waals surface area contributed by atoms with Crippen molar-refractivity contribution in [2.75, 3.05) is 39.8 Å². The molecule has 0 bridgehead atoms. The molecule has 0 unspecified atom stereocenters. The third-order valence-electron chi connectivity index (χ3n) is 5.30. The Balaban J connectivity index is 1.44. The number of nitrogens with zero attached hydrogens (tertiary/aromatic N) is 3. The number of nitrogens with one attached hydrogen (secondary N) is 1. The minimum atomic E-state index is -0.132. The smallest absolute Gasteiger partial charge is 0.254 e. The summed E-state index contributed by atoms with van der Waals surface area (Å²) in [5.74, 6) is 0.309. The second-order valence-electron chi connectivity index (χ2n) is 7.66. The number of methoxy groups -OCH3 is 1. The average molecular weight is 411 g/mol. The van der Waals surface area contributed by atoms with Gasteiger partial charge in [0, 0.05) is 38.3 Å². The zero-order valence-corrected chi connectivity index (χ0v) is 17.9. The van der Waals surface area contributed by atoms with Crippen LogP contribution in [0.2, 0.25) is 0 Å². The Kier molecular flexibility index (Phi) is 7.43. The average Bonchev–Trinajstić information content (AvgIpc) is 2.75. The summed E-state index contributed by atoms with van der Waals surface area (Å²) in [4.78, 5) is 16.9. The minimum absolute atomic E-state index is 0.0691. The van der Waals surface area contributed by atoms with E-state index in [4.69, 9.17) is 4.74 Å². The number of hydrogen-bond acceptors (Lipinski definition) is 6. The van der Waals surface area contributed by atoms with Crippen LogP contribution in [0.3, 0.4) is 0 Å². The maximum absolute atomic E-state index is 12.3. The Morgan fingerprint density at radius 1 is 1.10 bits per heavy atom. The topological polar surface area (TPSA) is 77.4 Å². The molecule has 7 nitrogen and oxygen atoms in total. The number of aryl methyl sites for hydroxylation is 1. The van der Waals surface area contributed by atoms with E-state index in [9.17, 15) is 9.90 Å². The van der Waals surface area contributed by atoms with Gasteiger partial charge in [-0.05, 0) is 37.6 Å².